The van der Waals surface area contributed by atoms with Gasteiger partial charge in [0.1, 0.15) is 0 Å². The van der Waals surface area contributed by atoms with Gasteiger partial charge in [0.2, 0.25) is 0 Å². The highest BCUT2D eigenvalue weighted by Crippen LogP contribution is 2.23. The molecular formula is C20H16BrN3O5S. The van der Waals surface area contributed by atoms with E-state index >= 15 is 0 Å². The summed E-state index contributed by atoms with van der Waals surface area (Å²) in [5.41, 5.74) is 1.00. The first-order valence-electron chi connectivity index (χ1n) is 8.60. The number of nitro groups is 1. The van der Waals surface area contributed by atoms with Gasteiger partial charge in [-0.15, -0.1) is 0 Å². The minimum atomic E-state index is -3.94. The third kappa shape index (κ3) is 5.02. The lowest BCUT2D eigenvalue weighted by Crippen LogP contribution is -2.17. The fourth-order valence-corrected chi connectivity index (χ4v) is 4.25. The Morgan fingerprint density at radius 2 is 1.70 bits per heavy atom. The molecule has 0 saturated carbocycles. The van der Waals surface area contributed by atoms with E-state index in [0.29, 0.717) is 11.3 Å². The van der Waals surface area contributed by atoms with Gasteiger partial charge in [-0.1, -0.05) is 28.1 Å². The van der Waals surface area contributed by atoms with E-state index in [-0.39, 0.29) is 21.8 Å². The number of hydrogen-bond donors (Lipinski definition) is 2. The number of amides is 1. The summed E-state index contributed by atoms with van der Waals surface area (Å²) in [7, 11) is -3.94. The Morgan fingerprint density at radius 3 is 2.37 bits per heavy atom. The van der Waals surface area contributed by atoms with Crippen LogP contribution in [0.4, 0.5) is 17.1 Å². The van der Waals surface area contributed by atoms with E-state index in [0.717, 1.165) is 4.47 Å². The molecule has 0 radical (unpaired) electrons. The van der Waals surface area contributed by atoms with Crippen LogP contribution in [0.15, 0.2) is 76.1 Å². The van der Waals surface area contributed by atoms with Crippen LogP contribution in [0.3, 0.4) is 0 Å². The van der Waals surface area contributed by atoms with Crippen LogP contribution in [-0.2, 0) is 10.0 Å². The minimum Gasteiger partial charge on any atom is -0.322 e. The molecule has 0 spiro atoms. The molecule has 0 aliphatic rings. The van der Waals surface area contributed by atoms with Gasteiger partial charge >= 0.3 is 0 Å². The minimum absolute atomic E-state index is 0.0443. The first-order chi connectivity index (χ1) is 14.2. The number of non-ortho nitro benzene ring substituents is 1. The van der Waals surface area contributed by atoms with E-state index in [1.165, 1.54) is 42.5 Å². The molecule has 3 aromatic carbocycles. The Labute approximate surface area is 181 Å². The van der Waals surface area contributed by atoms with Gasteiger partial charge in [-0.05, 0) is 55.0 Å². The van der Waals surface area contributed by atoms with Crippen molar-refractivity contribution >= 4 is 48.9 Å². The van der Waals surface area contributed by atoms with Crippen molar-refractivity contribution in [2.24, 2.45) is 0 Å². The van der Waals surface area contributed by atoms with Gasteiger partial charge < -0.3 is 5.32 Å². The summed E-state index contributed by atoms with van der Waals surface area (Å²) in [6.07, 6.45) is 0. The number of carbonyl (C=O) groups excluding carboxylic acids is 1. The molecule has 154 valence electrons. The number of benzene rings is 3. The van der Waals surface area contributed by atoms with Crippen LogP contribution in [-0.4, -0.2) is 19.2 Å². The number of carbonyl (C=O) groups is 1. The average Bonchev–Trinajstić information content (AvgIpc) is 2.70. The molecule has 3 aromatic rings. The summed E-state index contributed by atoms with van der Waals surface area (Å²) < 4.78 is 29.0. The van der Waals surface area contributed by atoms with Gasteiger partial charge in [-0.3, -0.25) is 19.6 Å². The third-order valence-electron chi connectivity index (χ3n) is 4.15. The van der Waals surface area contributed by atoms with Gasteiger partial charge in [-0.2, -0.15) is 0 Å². The van der Waals surface area contributed by atoms with Crippen LogP contribution in [0.5, 0.6) is 0 Å². The number of hydrogen-bond acceptors (Lipinski definition) is 5. The largest absolute Gasteiger partial charge is 0.322 e. The van der Waals surface area contributed by atoms with Crippen LogP contribution in [0, 0.1) is 17.0 Å². The highest BCUT2D eigenvalue weighted by atomic mass is 79.9. The zero-order valence-corrected chi connectivity index (χ0v) is 18.0. The van der Waals surface area contributed by atoms with Gasteiger partial charge in [0.15, 0.2) is 0 Å². The lowest BCUT2D eigenvalue weighted by Gasteiger charge is -2.12. The maximum atomic E-state index is 12.8. The van der Waals surface area contributed by atoms with E-state index in [4.69, 9.17) is 0 Å². The van der Waals surface area contributed by atoms with Crippen LogP contribution in [0.2, 0.25) is 0 Å². The highest BCUT2D eigenvalue weighted by molar-refractivity contribution is 9.10. The second kappa shape index (κ2) is 8.64. The predicted molar refractivity (Wildman–Crippen MR) is 117 cm³/mol. The number of sulfonamides is 1. The van der Waals surface area contributed by atoms with Crippen molar-refractivity contribution in [3.8, 4) is 0 Å². The van der Waals surface area contributed by atoms with E-state index in [9.17, 15) is 23.3 Å². The number of aryl methyl sites for hydroxylation is 1. The molecule has 0 bridgehead atoms. The molecule has 30 heavy (non-hydrogen) atoms. The zero-order valence-electron chi connectivity index (χ0n) is 15.6. The van der Waals surface area contributed by atoms with Gasteiger partial charge in [-0.25, -0.2) is 8.42 Å². The first kappa shape index (κ1) is 21.5. The third-order valence-corrected chi connectivity index (χ3v) is 6.20. The first-order valence-corrected chi connectivity index (χ1v) is 10.9. The lowest BCUT2D eigenvalue weighted by atomic mass is 10.1. The smallest absolute Gasteiger partial charge is 0.271 e. The van der Waals surface area contributed by atoms with Crippen molar-refractivity contribution in [3.05, 3.63) is 92.4 Å². The van der Waals surface area contributed by atoms with Crippen molar-refractivity contribution < 1.29 is 18.1 Å². The summed E-state index contributed by atoms with van der Waals surface area (Å²) in [5, 5.41) is 13.4. The highest BCUT2D eigenvalue weighted by Gasteiger charge is 2.20. The van der Waals surface area contributed by atoms with Crippen molar-refractivity contribution in [2.45, 2.75) is 11.8 Å². The summed E-state index contributed by atoms with van der Waals surface area (Å²) in [4.78, 5) is 22.9. The maximum absolute atomic E-state index is 12.8. The quantitative estimate of drug-likeness (QED) is 0.383. The molecule has 0 unspecified atom stereocenters. The number of nitro benzene ring substituents is 1. The second-order valence-electron chi connectivity index (χ2n) is 6.35. The Hall–Kier alpha value is -3.24. The maximum Gasteiger partial charge on any atom is 0.271 e. The van der Waals surface area contributed by atoms with E-state index in [1.54, 1.807) is 31.2 Å². The Bertz CT molecular complexity index is 1230. The summed E-state index contributed by atoms with van der Waals surface area (Å²) in [5.74, 6) is -0.587. The summed E-state index contributed by atoms with van der Waals surface area (Å²) in [6.45, 7) is 1.62. The molecule has 0 atom stereocenters. The van der Waals surface area contributed by atoms with Crippen molar-refractivity contribution in [1.29, 1.82) is 0 Å². The average molecular weight is 490 g/mol. The number of rotatable bonds is 6. The molecule has 0 aliphatic heterocycles. The molecule has 3 rings (SSSR count). The Kier molecular flexibility index (Phi) is 6.18. The molecule has 0 heterocycles. The van der Waals surface area contributed by atoms with Gasteiger partial charge in [0, 0.05) is 33.5 Å². The number of nitrogens with one attached hydrogen (secondary N) is 2. The molecule has 10 heteroatoms. The fraction of sp³-hybridized carbons (Fsp3) is 0.0500. The topological polar surface area (TPSA) is 118 Å². The van der Waals surface area contributed by atoms with Crippen molar-refractivity contribution in [1.82, 2.24) is 0 Å². The standard InChI is InChI=1S/C20H16BrN3O5S/c1-13-5-6-14(20(25)22-17-3-2-4-18(12-17)24(26)27)11-19(13)30(28,29)23-16-9-7-15(21)8-10-16/h2-12,23H,1H3,(H,22,25). The molecule has 2 N–H and O–H groups in total. The molecule has 0 aromatic heterocycles. The Balaban J connectivity index is 1.87. The lowest BCUT2D eigenvalue weighted by molar-refractivity contribution is -0.384. The normalized spacial score (nSPS) is 11.0. The van der Waals surface area contributed by atoms with E-state index in [2.05, 4.69) is 26.0 Å². The molecule has 0 saturated heterocycles. The predicted octanol–water partition coefficient (Wildman–Crippen LogP) is 4.72. The molecule has 8 nitrogen and oxygen atoms in total. The van der Waals surface area contributed by atoms with Gasteiger partial charge in [0.05, 0.1) is 9.82 Å². The Morgan fingerprint density at radius 1 is 1.00 bits per heavy atom. The van der Waals surface area contributed by atoms with Gasteiger partial charge in [0.25, 0.3) is 21.6 Å². The zero-order chi connectivity index (χ0) is 21.9. The van der Waals surface area contributed by atoms with Crippen LogP contribution < -0.4 is 10.0 Å². The number of nitrogens with zero attached hydrogens (tertiary/aromatic N) is 1. The molecule has 0 aliphatic carbocycles. The van der Waals surface area contributed by atoms with Crippen LogP contribution in [0.25, 0.3) is 0 Å². The fourth-order valence-electron chi connectivity index (χ4n) is 2.66. The van der Waals surface area contributed by atoms with E-state index in [1.807, 2.05) is 0 Å². The number of anilines is 2. The van der Waals surface area contributed by atoms with E-state index < -0.39 is 20.9 Å². The SMILES string of the molecule is Cc1ccc(C(=O)Nc2cccc([N+](=O)[O-])c2)cc1S(=O)(=O)Nc1ccc(Br)cc1. The van der Waals surface area contributed by atoms with Crippen LogP contribution in [0.1, 0.15) is 15.9 Å². The van der Waals surface area contributed by atoms with Crippen LogP contribution >= 0.6 is 15.9 Å². The molecular weight excluding hydrogens is 474 g/mol. The number of halogens is 1. The summed E-state index contributed by atoms with van der Waals surface area (Å²) in [6, 6.07) is 16.4. The summed E-state index contributed by atoms with van der Waals surface area (Å²) >= 11 is 3.29. The van der Waals surface area contributed by atoms with Crippen molar-refractivity contribution in [2.75, 3.05) is 10.0 Å². The monoisotopic (exact) mass is 489 g/mol. The molecule has 0 fully saturated rings. The second-order valence-corrected chi connectivity index (χ2v) is 8.92. The molecule has 1 amide bonds. The van der Waals surface area contributed by atoms with Crippen molar-refractivity contribution in [3.63, 3.8) is 0 Å².